The normalized spacial score (nSPS) is 21.2. The number of pyridine rings is 1. The van der Waals surface area contributed by atoms with Gasteiger partial charge in [-0.05, 0) is 43.4 Å². The molecule has 0 aliphatic heterocycles. The van der Waals surface area contributed by atoms with Crippen LogP contribution in [0.25, 0.3) is 5.57 Å². The first-order valence-electron chi connectivity index (χ1n) is 5.26. The zero-order chi connectivity index (χ0) is 10.8. The molecule has 0 fully saturated rings. The first kappa shape index (κ1) is 10.2. The Morgan fingerprint density at radius 2 is 2.33 bits per heavy atom. The third-order valence-corrected chi connectivity index (χ3v) is 2.79. The van der Waals surface area contributed by atoms with Gasteiger partial charge < -0.3 is 10.8 Å². The number of aromatic nitrogens is 1. The standard InChI is InChI=1S/C12H16N2O/c1-8-6-10(13)7-14-12(8)9-2-4-11(15)5-3-9/h2,6-7,11,15H,3-5,13H2,1H3. The molecule has 15 heavy (non-hydrogen) atoms. The van der Waals surface area contributed by atoms with Gasteiger partial charge in [0, 0.05) is 0 Å². The first-order chi connectivity index (χ1) is 7.16. The summed E-state index contributed by atoms with van der Waals surface area (Å²) >= 11 is 0. The number of aryl methyl sites for hydroxylation is 1. The Bertz CT molecular complexity index is 399. The van der Waals surface area contributed by atoms with Crippen molar-refractivity contribution in [3.63, 3.8) is 0 Å². The molecule has 1 unspecified atom stereocenters. The Kier molecular flexibility index (Phi) is 2.73. The summed E-state index contributed by atoms with van der Waals surface area (Å²) in [4.78, 5) is 4.35. The molecule has 2 rings (SSSR count). The summed E-state index contributed by atoms with van der Waals surface area (Å²) < 4.78 is 0. The third kappa shape index (κ3) is 2.18. The van der Waals surface area contributed by atoms with E-state index >= 15 is 0 Å². The smallest absolute Gasteiger partial charge is 0.0689 e. The van der Waals surface area contributed by atoms with Crippen LogP contribution >= 0.6 is 0 Å². The largest absolute Gasteiger partial charge is 0.397 e. The lowest BCUT2D eigenvalue weighted by Crippen LogP contribution is -2.10. The van der Waals surface area contributed by atoms with Gasteiger partial charge in [0.1, 0.15) is 0 Å². The van der Waals surface area contributed by atoms with Crippen LogP contribution < -0.4 is 5.73 Å². The van der Waals surface area contributed by atoms with Crippen molar-refractivity contribution in [2.45, 2.75) is 32.3 Å². The summed E-state index contributed by atoms with van der Waals surface area (Å²) in [6, 6.07) is 1.94. The number of nitrogens with zero attached hydrogens (tertiary/aromatic N) is 1. The summed E-state index contributed by atoms with van der Waals surface area (Å²) in [7, 11) is 0. The molecule has 1 aliphatic carbocycles. The molecule has 0 saturated heterocycles. The monoisotopic (exact) mass is 204 g/mol. The maximum atomic E-state index is 9.40. The number of nitrogens with two attached hydrogens (primary N) is 1. The van der Waals surface area contributed by atoms with Crippen molar-refractivity contribution < 1.29 is 5.11 Å². The number of aliphatic hydroxyl groups excluding tert-OH is 1. The van der Waals surface area contributed by atoms with Gasteiger partial charge in [-0.3, -0.25) is 4.98 Å². The van der Waals surface area contributed by atoms with E-state index in [-0.39, 0.29) is 6.10 Å². The van der Waals surface area contributed by atoms with E-state index in [9.17, 15) is 5.11 Å². The molecule has 3 heteroatoms. The van der Waals surface area contributed by atoms with Crippen LogP contribution in [0.4, 0.5) is 5.69 Å². The lowest BCUT2D eigenvalue weighted by molar-refractivity contribution is 0.166. The number of allylic oxidation sites excluding steroid dienone is 1. The van der Waals surface area contributed by atoms with Crippen molar-refractivity contribution in [2.24, 2.45) is 0 Å². The maximum absolute atomic E-state index is 9.40. The van der Waals surface area contributed by atoms with E-state index in [1.807, 2.05) is 13.0 Å². The summed E-state index contributed by atoms with van der Waals surface area (Å²) in [6.07, 6.45) is 6.06. The van der Waals surface area contributed by atoms with Gasteiger partial charge in [-0.1, -0.05) is 6.08 Å². The van der Waals surface area contributed by atoms with E-state index in [0.29, 0.717) is 5.69 Å². The minimum Gasteiger partial charge on any atom is -0.397 e. The van der Waals surface area contributed by atoms with E-state index in [4.69, 9.17) is 5.73 Å². The number of hydrogen-bond donors (Lipinski definition) is 2. The van der Waals surface area contributed by atoms with Gasteiger partial charge >= 0.3 is 0 Å². The molecule has 3 N–H and O–H groups in total. The Balaban J connectivity index is 2.30. The van der Waals surface area contributed by atoms with E-state index in [2.05, 4.69) is 11.1 Å². The molecular weight excluding hydrogens is 188 g/mol. The molecule has 1 atom stereocenters. The van der Waals surface area contributed by atoms with Gasteiger partial charge in [-0.25, -0.2) is 0 Å². The van der Waals surface area contributed by atoms with Crippen LogP contribution in [0.5, 0.6) is 0 Å². The second kappa shape index (κ2) is 4.03. The fraction of sp³-hybridized carbons (Fsp3) is 0.417. The van der Waals surface area contributed by atoms with Crippen molar-refractivity contribution in [3.05, 3.63) is 29.6 Å². The Morgan fingerprint density at radius 1 is 1.53 bits per heavy atom. The van der Waals surface area contributed by atoms with Crippen molar-refractivity contribution in [3.8, 4) is 0 Å². The van der Waals surface area contributed by atoms with Crippen molar-refractivity contribution in [2.75, 3.05) is 5.73 Å². The van der Waals surface area contributed by atoms with Crippen molar-refractivity contribution >= 4 is 11.3 Å². The Morgan fingerprint density at radius 3 is 2.93 bits per heavy atom. The SMILES string of the molecule is Cc1cc(N)cnc1C1=CCC(O)CC1. The maximum Gasteiger partial charge on any atom is 0.0689 e. The Labute approximate surface area is 89.6 Å². The van der Waals surface area contributed by atoms with Crippen LogP contribution in [-0.4, -0.2) is 16.2 Å². The van der Waals surface area contributed by atoms with E-state index in [1.54, 1.807) is 6.20 Å². The van der Waals surface area contributed by atoms with E-state index in [1.165, 1.54) is 5.57 Å². The minimum atomic E-state index is -0.178. The molecule has 1 aromatic heterocycles. The molecule has 0 saturated carbocycles. The predicted octanol–water partition coefficient (Wildman–Crippen LogP) is 1.90. The number of hydrogen-bond acceptors (Lipinski definition) is 3. The quantitative estimate of drug-likeness (QED) is 0.734. The molecule has 0 amide bonds. The molecule has 0 spiro atoms. The fourth-order valence-electron chi connectivity index (χ4n) is 1.97. The van der Waals surface area contributed by atoms with Gasteiger partial charge in [0.15, 0.2) is 0 Å². The highest BCUT2D eigenvalue weighted by molar-refractivity contribution is 5.67. The van der Waals surface area contributed by atoms with E-state index in [0.717, 1.165) is 30.5 Å². The second-order valence-electron chi connectivity index (χ2n) is 4.09. The van der Waals surface area contributed by atoms with Gasteiger partial charge in [-0.15, -0.1) is 0 Å². The summed E-state index contributed by atoms with van der Waals surface area (Å²) in [5, 5.41) is 9.40. The molecule has 3 nitrogen and oxygen atoms in total. The topological polar surface area (TPSA) is 59.1 Å². The van der Waals surface area contributed by atoms with Gasteiger partial charge in [0.25, 0.3) is 0 Å². The molecule has 1 heterocycles. The highest BCUT2D eigenvalue weighted by Gasteiger charge is 2.14. The molecular formula is C12H16N2O. The lowest BCUT2D eigenvalue weighted by atomic mass is 9.93. The number of rotatable bonds is 1. The van der Waals surface area contributed by atoms with Gasteiger partial charge in [0.05, 0.1) is 23.7 Å². The van der Waals surface area contributed by atoms with Crippen LogP contribution in [0.3, 0.4) is 0 Å². The third-order valence-electron chi connectivity index (χ3n) is 2.79. The Hall–Kier alpha value is -1.35. The van der Waals surface area contributed by atoms with Crippen LogP contribution in [0.2, 0.25) is 0 Å². The zero-order valence-electron chi connectivity index (χ0n) is 8.90. The van der Waals surface area contributed by atoms with E-state index < -0.39 is 0 Å². The van der Waals surface area contributed by atoms with Gasteiger partial charge in [0.2, 0.25) is 0 Å². The number of aliphatic hydroxyl groups is 1. The number of nitrogen functional groups attached to an aromatic ring is 1. The average molecular weight is 204 g/mol. The highest BCUT2D eigenvalue weighted by atomic mass is 16.3. The second-order valence-corrected chi connectivity index (χ2v) is 4.09. The summed E-state index contributed by atoms with van der Waals surface area (Å²) in [5.41, 5.74) is 9.73. The van der Waals surface area contributed by atoms with Crippen LogP contribution in [0.15, 0.2) is 18.3 Å². The van der Waals surface area contributed by atoms with Crippen LogP contribution in [0.1, 0.15) is 30.5 Å². The predicted molar refractivity (Wildman–Crippen MR) is 61.2 cm³/mol. The van der Waals surface area contributed by atoms with Gasteiger partial charge in [-0.2, -0.15) is 0 Å². The molecule has 1 aromatic rings. The molecule has 0 radical (unpaired) electrons. The molecule has 80 valence electrons. The molecule has 0 aromatic carbocycles. The highest BCUT2D eigenvalue weighted by Crippen LogP contribution is 2.28. The van der Waals surface area contributed by atoms with Crippen LogP contribution in [-0.2, 0) is 0 Å². The fourth-order valence-corrected chi connectivity index (χ4v) is 1.97. The van der Waals surface area contributed by atoms with Crippen molar-refractivity contribution in [1.82, 2.24) is 4.98 Å². The zero-order valence-corrected chi connectivity index (χ0v) is 8.90. The lowest BCUT2D eigenvalue weighted by Gasteiger charge is -2.18. The first-order valence-corrected chi connectivity index (χ1v) is 5.26. The van der Waals surface area contributed by atoms with Crippen molar-refractivity contribution in [1.29, 1.82) is 0 Å². The summed E-state index contributed by atoms with van der Waals surface area (Å²) in [6.45, 7) is 2.02. The molecule has 0 bridgehead atoms. The minimum absolute atomic E-state index is 0.178. The number of anilines is 1. The summed E-state index contributed by atoms with van der Waals surface area (Å²) in [5.74, 6) is 0. The molecule has 1 aliphatic rings. The van der Waals surface area contributed by atoms with Crippen LogP contribution in [0, 0.1) is 6.92 Å². The average Bonchev–Trinajstić information content (AvgIpc) is 2.20.